The zero-order chi connectivity index (χ0) is 22.7. The molecule has 0 saturated carbocycles. The second kappa shape index (κ2) is 9.46. The fourth-order valence-corrected chi connectivity index (χ4v) is 4.15. The number of rotatable bonds is 7. The standard InChI is InChI=1S/C28H30N4/c1-18(2)13-20-9-10-21(14-23(20)15-29)27-17-31-28(32-27)26-12-11-22(16-30-19(3)4)24-7-5-6-8-25(24)26/h5-12,14,18-19,30H,13,16-17H2,1-4H3. The summed E-state index contributed by atoms with van der Waals surface area (Å²) in [6.07, 6.45) is 0.904. The third-order valence-corrected chi connectivity index (χ3v) is 5.77. The zero-order valence-electron chi connectivity index (χ0n) is 19.3. The largest absolute Gasteiger partial charge is 0.310 e. The monoisotopic (exact) mass is 422 g/mol. The fraction of sp³-hybridized carbons (Fsp3) is 0.321. The van der Waals surface area contributed by atoms with Gasteiger partial charge in [-0.3, -0.25) is 4.99 Å². The molecule has 1 N–H and O–H groups in total. The summed E-state index contributed by atoms with van der Waals surface area (Å²) in [6, 6.07) is 21.7. The molecule has 3 aromatic carbocycles. The average Bonchev–Trinajstić information content (AvgIpc) is 3.27. The average molecular weight is 423 g/mol. The Morgan fingerprint density at radius 2 is 1.72 bits per heavy atom. The van der Waals surface area contributed by atoms with Gasteiger partial charge in [0.15, 0.2) is 5.84 Å². The molecule has 0 amide bonds. The van der Waals surface area contributed by atoms with Crippen molar-refractivity contribution < 1.29 is 0 Å². The second-order valence-corrected chi connectivity index (χ2v) is 9.13. The van der Waals surface area contributed by atoms with E-state index in [2.05, 4.69) is 87.6 Å². The van der Waals surface area contributed by atoms with Crippen LogP contribution in [0, 0.1) is 17.2 Å². The third-order valence-electron chi connectivity index (χ3n) is 5.77. The van der Waals surface area contributed by atoms with Crippen LogP contribution in [0.5, 0.6) is 0 Å². The van der Waals surface area contributed by atoms with Gasteiger partial charge in [0.1, 0.15) is 0 Å². The van der Waals surface area contributed by atoms with Crippen LogP contribution in [0.3, 0.4) is 0 Å². The van der Waals surface area contributed by atoms with E-state index in [0.29, 0.717) is 18.5 Å². The Kier molecular flexibility index (Phi) is 6.48. The molecular formula is C28H30N4. The molecule has 0 aliphatic carbocycles. The van der Waals surface area contributed by atoms with E-state index >= 15 is 0 Å². The van der Waals surface area contributed by atoms with Gasteiger partial charge in [0, 0.05) is 18.2 Å². The Balaban J connectivity index is 1.66. The van der Waals surface area contributed by atoms with E-state index in [0.717, 1.165) is 46.8 Å². The van der Waals surface area contributed by atoms with Crippen molar-refractivity contribution >= 4 is 22.3 Å². The van der Waals surface area contributed by atoms with Gasteiger partial charge in [-0.2, -0.15) is 5.26 Å². The number of aliphatic imine (C=N–C) groups is 2. The first-order valence-electron chi connectivity index (χ1n) is 11.4. The molecule has 1 aliphatic heterocycles. The first kappa shape index (κ1) is 21.9. The zero-order valence-corrected chi connectivity index (χ0v) is 19.3. The Bertz CT molecular complexity index is 1240. The van der Waals surface area contributed by atoms with E-state index in [-0.39, 0.29) is 0 Å². The van der Waals surface area contributed by atoms with Crippen molar-refractivity contribution in [3.05, 3.63) is 82.4 Å². The second-order valence-electron chi connectivity index (χ2n) is 9.13. The quantitative estimate of drug-likeness (QED) is 0.534. The molecule has 4 rings (SSSR count). The molecular weight excluding hydrogens is 392 g/mol. The van der Waals surface area contributed by atoms with Gasteiger partial charge in [0.25, 0.3) is 0 Å². The van der Waals surface area contributed by atoms with Crippen LogP contribution in [0.2, 0.25) is 0 Å². The number of nitriles is 1. The minimum Gasteiger partial charge on any atom is -0.310 e. The predicted molar refractivity (Wildman–Crippen MR) is 134 cm³/mol. The summed E-state index contributed by atoms with van der Waals surface area (Å²) in [4.78, 5) is 9.65. The first-order chi connectivity index (χ1) is 15.5. The lowest BCUT2D eigenvalue weighted by Crippen LogP contribution is -2.22. The molecule has 0 radical (unpaired) electrons. The van der Waals surface area contributed by atoms with Gasteiger partial charge in [-0.25, -0.2) is 4.99 Å². The summed E-state index contributed by atoms with van der Waals surface area (Å²) in [5.74, 6) is 1.28. The van der Waals surface area contributed by atoms with Crippen LogP contribution in [0.4, 0.5) is 0 Å². The van der Waals surface area contributed by atoms with Gasteiger partial charge >= 0.3 is 0 Å². The summed E-state index contributed by atoms with van der Waals surface area (Å²) in [5.41, 5.74) is 6.07. The third kappa shape index (κ3) is 4.64. The maximum absolute atomic E-state index is 9.63. The maximum Gasteiger partial charge on any atom is 0.155 e. The molecule has 1 aliphatic rings. The Morgan fingerprint density at radius 1 is 0.969 bits per heavy atom. The van der Waals surface area contributed by atoms with Gasteiger partial charge in [-0.15, -0.1) is 0 Å². The number of hydrogen-bond acceptors (Lipinski definition) is 4. The molecule has 162 valence electrons. The van der Waals surface area contributed by atoms with Crippen molar-refractivity contribution in [2.45, 2.75) is 46.7 Å². The molecule has 4 nitrogen and oxygen atoms in total. The van der Waals surface area contributed by atoms with Crippen LogP contribution < -0.4 is 5.32 Å². The molecule has 0 aromatic heterocycles. The highest BCUT2D eigenvalue weighted by Gasteiger charge is 2.18. The number of hydrogen-bond donors (Lipinski definition) is 1. The SMILES string of the molecule is CC(C)Cc1ccc(C2=NC(c3ccc(CNC(C)C)c4ccccc34)=NC2)cc1C#N. The van der Waals surface area contributed by atoms with Gasteiger partial charge in [-0.1, -0.05) is 76.2 Å². The Labute approximate surface area is 190 Å². The van der Waals surface area contributed by atoms with Gasteiger partial charge in [0.05, 0.1) is 23.9 Å². The number of fused-ring (bicyclic) bond motifs is 1. The van der Waals surface area contributed by atoms with E-state index in [1.807, 2.05) is 6.07 Å². The molecule has 0 unspecified atom stereocenters. The molecule has 1 heterocycles. The topological polar surface area (TPSA) is 60.5 Å². The van der Waals surface area contributed by atoms with Crippen molar-refractivity contribution in [1.29, 1.82) is 5.26 Å². The van der Waals surface area contributed by atoms with Gasteiger partial charge < -0.3 is 5.32 Å². The molecule has 0 spiro atoms. The summed E-state index contributed by atoms with van der Waals surface area (Å²) >= 11 is 0. The van der Waals surface area contributed by atoms with Crippen molar-refractivity contribution in [3.63, 3.8) is 0 Å². The van der Waals surface area contributed by atoms with E-state index in [4.69, 9.17) is 9.98 Å². The van der Waals surface area contributed by atoms with Gasteiger partial charge in [0.2, 0.25) is 0 Å². The van der Waals surface area contributed by atoms with Crippen molar-refractivity contribution in [1.82, 2.24) is 5.32 Å². The minimum absolute atomic E-state index is 0.435. The van der Waals surface area contributed by atoms with E-state index in [9.17, 15) is 5.26 Å². The van der Waals surface area contributed by atoms with Crippen molar-refractivity contribution in [3.8, 4) is 6.07 Å². The molecule has 0 fully saturated rings. The molecule has 32 heavy (non-hydrogen) atoms. The number of amidine groups is 1. The predicted octanol–water partition coefficient (Wildman–Crippen LogP) is 5.66. The first-order valence-corrected chi connectivity index (χ1v) is 11.4. The van der Waals surface area contributed by atoms with Crippen LogP contribution in [-0.2, 0) is 13.0 Å². The number of nitrogens with one attached hydrogen (secondary N) is 1. The maximum atomic E-state index is 9.63. The lowest BCUT2D eigenvalue weighted by atomic mass is 9.95. The fourth-order valence-electron chi connectivity index (χ4n) is 4.15. The highest BCUT2D eigenvalue weighted by atomic mass is 15.0. The summed E-state index contributed by atoms with van der Waals surface area (Å²) in [5, 5.41) is 15.5. The lowest BCUT2D eigenvalue weighted by molar-refractivity contribution is 0.590. The normalized spacial score (nSPS) is 13.5. The number of nitrogens with zero attached hydrogens (tertiary/aromatic N) is 3. The van der Waals surface area contributed by atoms with Crippen LogP contribution in [0.15, 0.2) is 64.6 Å². The summed E-state index contributed by atoms with van der Waals surface area (Å²) < 4.78 is 0. The smallest absolute Gasteiger partial charge is 0.155 e. The Morgan fingerprint density at radius 3 is 2.44 bits per heavy atom. The highest BCUT2D eigenvalue weighted by Crippen LogP contribution is 2.26. The van der Waals surface area contributed by atoms with Crippen LogP contribution >= 0.6 is 0 Å². The van der Waals surface area contributed by atoms with Crippen molar-refractivity contribution in [2.24, 2.45) is 15.9 Å². The van der Waals surface area contributed by atoms with E-state index in [1.54, 1.807) is 0 Å². The van der Waals surface area contributed by atoms with Gasteiger partial charge in [-0.05, 0) is 45.9 Å². The van der Waals surface area contributed by atoms with Crippen molar-refractivity contribution in [2.75, 3.05) is 6.54 Å². The van der Waals surface area contributed by atoms with E-state index in [1.165, 1.54) is 16.3 Å². The van der Waals surface area contributed by atoms with E-state index < -0.39 is 0 Å². The molecule has 4 heteroatoms. The molecule has 0 atom stereocenters. The minimum atomic E-state index is 0.435. The highest BCUT2D eigenvalue weighted by molar-refractivity contribution is 6.21. The molecule has 0 bridgehead atoms. The molecule has 0 saturated heterocycles. The number of benzene rings is 3. The Hall–Kier alpha value is -3.29. The molecule has 3 aromatic rings. The summed E-state index contributed by atoms with van der Waals surface area (Å²) in [7, 11) is 0. The van der Waals surface area contributed by atoms with Crippen LogP contribution in [0.25, 0.3) is 10.8 Å². The lowest BCUT2D eigenvalue weighted by Gasteiger charge is -2.13. The summed E-state index contributed by atoms with van der Waals surface area (Å²) in [6.45, 7) is 10.0. The van der Waals surface area contributed by atoms with Crippen LogP contribution in [0.1, 0.15) is 55.5 Å². The van der Waals surface area contributed by atoms with Crippen LogP contribution in [-0.4, -0.2) is 24.1 Å².